The normalized spacial score (nSPS) is 11.4. The highest BCUT2D eigenvalue weighted by Gasteiger charge is 2.14. The fourth-order valence-corrected chi connectivity index (χ4v) is 2.42. The second kappa shape index (κ2) is 6.51. The molecule has 0 unspecified atom stereocenters. The number of aromatic hydroxyl groups is 2. The van der Waals surface area contributed by atoms with Gasteiger partial charge in [-0.1, -0.05) is 17.7 Å². The van der Waals surface area contributed by atoms with Crippen LogP contribution in [0.15, 0.2) is 52.4 Å². The molecule has 0 amide bonds. The number of hydrogen-bond acceptors (Lipinski definition) is 5. The number of phenols is 2. The molecule has 0 aliphatic heterocycles. The molecular weight excluding hydrogens is 314 g/mol. The van der Waals surface area contributed by atoms with Crippen LogP contribution < -0.4 is 0 Å². The van der Waals surface area contributed by atoms with E-state index >= 15 is 0 Å². The molecule has 7 heteroatoms. The molecule has 0 aliphatic rings. The Kier molecular flexibility index (Phi) is 4.72. The molecule has 2 aromatic rings. The minimum absolute atomic E-state index is 0.109. The summed E-state index contributed by atoms with van der Waals surface area (Å²) in [7, 11) is 0. The van der Waals surface area contributed by atoms with E-state index in [2.05, 4.69) is 0 Å². The maximum atomic E-state index is 11.1. The van der Waals surface area contributed by atoms with Gasteiger partial charge in [-0.3, -0.25) is 10.1 Å². The number of nitro groups is 1. The molecule has 0 aromatic heterocycles. The van der Waals surface area contributed by atoms with Crippen molar-refractivity contribution in [2.24, 2.45) is 0 Å². The third kappa shape index (κ3) is 4.14. The maximum absolute atomic E-state index is 11.1. The number of benzene rings is 2. The van der Waals surface area contributed by atoms with Gasteiger partial charge in [-0.2, -0.15) is 0 Å². The number of rotatable bonds is 4. The summed E-state index contributed by atoms with van der Waals surface area (Å²) in [5.41, 5.74) is 0.415. The van der Waals surface area contributed by atoms with Gasteiger partial charge in [0, 0.05) is 16.0 Å². The molecule has 5 nitrogen and oxygen atoms in total. The van der Waals surface area contributed by atoms with E-state index in [1.54, 1.807) is 24.3 Å². The fraction of sp³-hybridized carbons (Fsp3) is 0. The predicted molar refractivity (Wildman–Crippen MR) is 82.1 cm³/mol. The van der Waals surface area contributed by atoms with Gasteiger partial charge in [0.15, 0.2) is 11.5 Å². The van der Waals surface area contributed by atoms with Crippen LogP contribution in [0.5, 0.6) is 11.5 Å². The molecule has 2 rings (SSSR count). The van der Waals surface area contributed by atoms with Crippen LogP contribution in [-0.4, -0.2) is 15.1 Å². The topological polar surface area (TPSA) is 83.6 Å². The third-order valence-electron chi connectivity index (χ3n) is 2.51. The third-order valence-corrected chi connectivity index (χ3v) is 3.74. The molecule has 0 bridgehead atoms. The largest absolute Gasteiger partial charge is 0.504 e. The Morgan fingerprint density at radius 1 is 1.14 bits per heavy atom. The van der Waals surface area contributed by atoms with E-state index in [0.29, 0.717) is 15.5 Å². The van der Waals surface area contributed by atoms with Crippen LogP contribution in [0.2, 0.25) is 5.02 Å². The van der Waals surface area contributed by atoms with Gasteiger partial charge in [0.2, 0.25) is 0 Å². The summed E-state index contributed by atoms with van der Waals surface area (Å²) >= 11 is 6.73. The molecule has 2 aromatic carbocycles. The van der Waals surface area contributed by atoms with Gasteiger partial charge < -0.3 is 10.2 Å². The summed E-state index contributed by atoms with van der Waals surface area (Å²) in [4.78, 5) is 11.3. The van der Waals surface area contributed by atoms with Gasteiger partial charge in [0.1, 0.15) is 0 Å². The molecule has 0 spiro atoms. The lowest BCUT2D eigenvalue weighted by molar-refractivity contribution is -0.408. The zero-order valence-corrected chi connectivity index (χ0v) is 12.1. The molecule has 0 fully saturated rings. The second-order valence-electron chi connectivity index (χ2n) is 4.04. The van der Waals surface area contributed by atoms with Crippen molar-refractivity contribution < 1.29 is 15.1 Å². The number of phenolic OH excluding ortho intramolecular Hbond substituents is 2. The second-order valence-corrected chi connectivity index (χ2v) is 5.57. The van der Waals surface area contributed by atoms with Crippen molar-refractivity contribution in [3.8, 4) is 11.5 Å². The van der Waals surface area contributed by atoms with Crippen molar-refractivity contribution >= 4 is 29.4 Å². The standard InChI is InChI=1S/C14H10ClNO4S/c15-10-2-4-11(5-3-10)21-14(16(19)20)8-9-1-6-12(17)13(18)7-9/h1-8,17-18H/b14-8+. The lowest BCUT2D eigenvalue weighted by atomic mass is 10.2. The summed E-state index contributed by atoms with van der Waals surface area (Å²) in [6.07, 6.45) is 1.32. The maximum Gasteiger partial charge on any atom is 0.308 e. The lowest BCUT2D eigenvalue weighted by Crippen LogP contribution is -1.94. The van der Waals surface area contributed by atoms with Crippen LogP contribution >= 0.6 is 23.4 Å². The zero-order valence-electron chi connectivity index (χ0n) is 10.6. The van der Waals surface area contributed by atoms with Crippen LogP contribution in [0, 0.1) is 10.1 Å². The molecule has 0 saturated heterocycles. The average molecular weight is 324 g/mol. The number of nitrogens with zero attached hydrogens (tertiary/aromatic N) is 1. The molecule has 108 valence electrons. The fourth-order valence-electron chi connectivity index (χ4n) is 1.52. The number of thioether (sulfide) groups is 1. The minimum atomic E-state index is -0.511. The van der Waals surface area contributed by atoms with Crippen molar-refractivity contribution in [2.75, 3.05) is 0 Å². The Morgan fingerprint density at radius 2 is 1.81 bits per heavy atom. The van der Waals surface area contributed by atoms with Gasteiger partial charge >= 0.3 is 5.03 Å². The highest BCUT2D eigenvalue weighted by Crippen LogP contribution is 2.31. The Bertz CT molecular complexity index is 701. The Morgan fingerprint density at radius 3 is 2.38 bits per heavy atom. The van der Waals surface area contributed by atoms with Crippen LogP contribution in [0.4, 0.5) is 0 Å². The van der Waals surface area contributed by atoms with Crippen LogP contribution in [0.1, 0.15) is 5.56 Å². The van der Waals surface area contributed by atoms with Gasteiger partial charge in [0.05, 0.1) is 4.92 Å². The smallest absolute Gasteiger partial charge is 0.308 e. The van der Waals surface area contributed by atoms with Crippen molar-refractivity contribution in [3.05, 3.63) is 68.2 Å². The molecule has 0 radical (unpaired) electrons. The van der Waals surface area contributed by atoms with E-state index in [0.717, 1.165) is 11.8 Å². The first-order valence-corrected chi connectivity index (χ1v) is 6.96. The Labute approximate surface area is 129 Å². The van der Waals surface area contributed by atoms with Crippen LogP contribution in [0.3, 0.4) is 0 Å². The van der Waals surface area contributed by atoms with E-state index < -0.39 is 4.92 Å². The molecule has 0 atom stereocenters. The first-order chi connectivity index (χ1) is 9.95. The van der Waals surface area contributed by atoms with Crippen molar-refractivity contribution in [3.63, 3.8) is 0 Å². The van der Waals surface area contributed by atoms with E-state index in [9.17, 15) is 20.3 Å². The number of halogens is 1. The lowest BCUT2D eigenvalue weighted by Gasteiger charge is -2.01. The van der Waals surface area contributed by atoms with E-state index in [4.69, 9.17) is 11.6 Å². The summed E-state index contributed by atoms with van der Waals surface area (Å²) in [5.74, 6) is -0.608. The SMILES string of the molecule is O=[N+]([O-])/C(=C\c1ccc(O)c(O)c1)Sc1ccc(Cl)cc1. The van der Waals surface area contributed by atoms with Crippen LogP contribution in [0.25, 0.3) is 6.08 Å². The van der Waals surface area contributed by atoms with Gasteiger partial charge in [-0.15, -0.1) is 0 Å². The van der Waals surface area contributed by atoms with Gasteiger partial charge in [-0.05, 0) is 53.7 Å². The van der Waals surface area contributed by atoms with Crippen LogP contribution in [-0.2, 0) is 0 Å². The number of hydrogen-bond donors (Lipinski definition) is 2. The Balaban J connectivity index is 2.29. The molecule has 21 heavy (non-hydrogen) atoms. The van der Waals surface area contributed by atoms with Crippen molar-refractivity contribution in [2.45, 2.75) is 4.90 Å². The van der Waals surface area contributed by atoms with Gasteiger partial charge in [-0.25, -0.2) is 0 Å². The predicted octanol–water partition coefficient (Wildman–Crippen LogP) is 4.12. The summed E-state index contributed by atoms with van der Waals surface area (Å²) < 4.78 is 0. The molecule has 0 aliphatic carbocycles. The highest BCUT2D eigenvalue weighted by molar-refractivity contribution is 8.03. The summed E-state index contributed by atoms with van der Waals surface area (Å²) in [6, 6.07) is 10.6. The van der Waals surface area contributed by atoms with Gasteiger partial charge in [0.25, 0.3) is 0 Å². The first kappa shape index (κ1) is 15.2. The molecular formula is C14H10ClNO4S. The van der Waals surface area contributed by atoms with E-state index in [-0.39, 0.29) is 16.5 Å². The van der Waals surface area contributed by atoms with Crippen molar-refractivity contribution in [1.82, 2.24) is 0 Å². The highest BCUT2D eigenvalue weighted by atomic mass is 35.5. The van der Waals surface area contributed by atoms with Crippen molar-refractivity contribution in [1.29, 1.82) is 0 Å². The Hall–Kier alpha value is -2.18. The quantitative estimate of drug-likeness (QED) is 0.383. The summed E-state index contributed by atoms with van der Waals surface area (Å²) in [6.45, 7) is 0. The molecule has 0 saturated carbocycles. The van der Waals surface area contributed by atoms with E-state index in [1.807, 2.05) is 0 Å². The summed E-state index contributed by atoms with van der Waals surface area (Å²) in [5, 5.41) is 30.2. The molecule has 2 N–H and O–H groups in total. The minimum Gasteiger partial charge on any atom is -0.504 e. The van der Waals surface area contributed by atoms with E-state index in [1.165, 1.54) is 24.3 Å². The average Bonchev–Trinajstić information content (AvgIpc) is 2.44. The monoisotopic (exact) mass is 323 g/mol. The zero-order chi connectivity index (χ0) is 15.4. The molecule has 0 heterocycles. The first-order valence-electron chi connectivity index (χ1n) is 5.77.